The normalized spacial score (nSPS) is 13.2. The standard InChI is InChI=1S/C18H20FNO3/c1-18(22,11-13-6-8-16(23-2)9-7-13)12-20-17(21)14-4-3-5-15(19)10-14/h3-10,22H,11-12H2,1-2H3,(H,20,21)/t18-/m0/s1. The molecule has 0 aliphatic rings. The maximum absolute atomic E-state index is 13.1. The molecule has 1 amide bonds. The minimum absolute atomic E-state index is 0.0639. The van der Waals surface area contributed by atoms with Gasteiger partial charge in [-0.15, -0.1) is 0 Å². The minimum Gasteiger partial charge on any atom is -0.497 e. The topological polar surface area (TPSA) is 58.6 Å². The lowest BCUT2D eigenvalue weighted by molar-refractivity contribution is 0.0552. The lowest BCUT2D eigenvalue weighted by atomic mass is 9.96. The van der Waals surface area contributed by atoms with Gasteiger partial charge in [0.2, 0.25) is 0 Å². The summed E-state index contributed by atoms with van der Waals surface area (Å²) < 4.78 is 18.2. The third kappa shape index (κ3) is 5.07. The molecule has 0 heterocycles. The average molecular weight is 317 g/mol. The van der Waals surface area contributed by atoms with Crippen molar-refractivity contribution < 1.29 is 19.0 Å². The summed E-state index contributed by atoms with van der Waals surface area (Å²) in [5.74, 6) is -0.144. The molecule has 4 nitrogen and oxygen atoms in total. The van der Waals surface area contributed by atoms with Gasteiger partial charge in [0.15, 0.2) is 0 Å². The highest BCUT2D eigenvalue weighted by atomic mass is 19.1. The van der Waals surface area contributed by atoms with E-state index in [-0.39, 0.29) is 12.1 Å². The monoisotopic (exact) mass is 317 g/mol. The molecule has 1 atom stereocenters. The number of hydrogen-bond donors (Lipinski definition) is 2. The zero-order valence-corrected chi connectivity index (χ0v) is 13.2. The Morgan fingerprint density at radius 1 is 1.26 bits per heavy atom. The molecule has 5 heteroatoms. The Labute approximate surface area is 134 Å². The van der Waals surface area contributed by atoms with Crippen molar-refractivity contribution in [2.45, 2.75) is 18.9 Å². The Kier molecular flexibility index (Phi) is 5.34. The van der Waals surface area contributed by atoms with E-state index in [0.29, 0.717) is 6.42 Å². The van der Waals surface area contributed by atoms with Gasteiger partial charge in [0.05, 0.1) is 12.7 Å². The fourth-order valence-corrected chi connectivity index (χ4v) is 2.25. The van der Waals surface area contributed by atoms with Crippen molar-refractivity contribution in [1.82, 2.24) is 5.32 Å². The second-order valence-electron chi connectivity index (χ2n) is 5.71. The molecule has 2 rings (SSSR count). The van der Waals surface area contributed by atoms with Crippen molar-refractivity contribution in [2.24, 2.45) is 0 Å². The van der Waals surface area contributed by atoms with Crippen LogP contribution in [0.25, 0.3) is 0 Å². The van der Waals surface area contributed by atoms with E-state index in [0.717, 1.165) is 17.4 Å². The average Bonchev–Trinajstić information content (AvgIpc) is 2.53. The van der Waals surface area contributed by atoms with Gasteiger partial charge in [-0.2, -0.15) is 0 Å². The van der Waals surface area contributed by atoms with Gasteiger partial charge in [-0.25, -0.2) is 4.39 Å². The number of halogens is 1. The second kappa shape index (κ2) is 7.24. The van der Waals surface area contributed by atoms with Gasteiger partial charge in [0.25, 0.3) is 5.91 Å². The van der Waals surface area contributed by atoms with Gasteiger partial charge in [-0.1, -0.05) is 18.2 Å². The van der Waals surface area contributed by atoms with Gasteiger partial charge in [0.1, 0.15) is 11.6 Å². The van der Waals surface area contributed by atoms with E-state index in [4.69, 9.17) is 4.74 Å². The Hall–Kier alpha value is -2.40. The fourth-order valence-electron chi connectivity index (χ4n) is 2.25. The Morgan fingerprint density at radius 2 is 1.96 bits per heavy atom. The van der Waals surface area contributed by atoms with Crippen LogP contribution in [0.15, 0.2) is 48.5 Å². The van der Waals surface area contributed by atoms with Gasteiger partial charge < -0.3 is 15.2 Å². The summed E-state index contributed by atoms with van der Waals surface area (Å²) in [5, 5.41) is 13.1. The summed E-state index contributed by atoms with van der Waals surface area (Å²) in [6, 6.07) is 12.8. The molecular formula is C18H20FNO3. The molecule has 0 fully saturated rings. The number of ether oxygens (including phenoxy) is 1. The molecule has 0 saturated carbocycles. The molecular weight excluding hydrogens is 297 g/mol. The highest BCUT2D eigenvalue weighted by Gasteiger charge is 2.22. The molecule has 0 aliphatic heterocycles. The van der Waals surface area contributed by atoms with E-state index in [2.05, 4.69) is 5.32 Å². The van der Waals surface area contributed by atoms with Gasteiger partial charge >= 0.3 is 0 Å². The van der Waals surface area contributed by atoms with Crippen LogP contribution >= 0.6 is 0 Å². The molecule has 0 aromatic heterocycles. The van der Waals surface area contributed by atoms with Crippen LogP contribution in [-0.4, -0.2) is 30.3 Å². The minimum atomic E-state index is -1.11. The third-order valence-corrected chi connectivity index (χ3v) is 3.46. The molecule has 0 bridgehead atoms. The van der Waals surface area contributed by atoms with Crippen molar-refractivity contribution >= 4 is 5.91 Å². The second-order valence-corrected chi connectivity index (χ2v) is 5.71. The molecule has 2 N–H and O–H groups in total. The number of methoxy groups -OCH3 is 1. The molecule has 0 radical (unpaired) electrons. The van der Waals surface area contributed by atoms with Crippen molar-refractivity contribution in [2.75, 3.05) is 13.7 Å². The van der Waals surface area contributed by atoms with E-state index < -0.39 is 17.3 Å². The Bertz CT molecular complexity index is 668. The molecule has 122 valence electrons. The van der Waals surface area contributed by atoms with Crippen LogP contribution in [0.4, 0.5) is 4.39 Å². The van der Waals surface area contributed by atoms with Crippen LogP contribution in [0.5, 0.6) is 5.75 Å². The van der Waals surface area contributed by atoms with Crippen molar-refractivity contribution in [1.29, 1.82) is 0 Å². The fraction of sp³-hybridized carbons (Fsp3) is 0.278. The molecule has 0 saturated heterocycles. The van der Waals surface area contributed by atoms with E-state index in [1.54, 1.807) is 14.0 Å². The highest BCUT2D eigenvalue weighted by Crippen LogP contribution is 2.17. The summed E-state index contributed by atoms with van der Waals surface area (Å²) in [6.07, 6.45) is 0.375. The summed E-state index contributed by atoms with van der Waals surface area (Å²) in [5.41, 5.74) is 0.0402. The summed E-state index contributed by atoms with van der Waals surface area (Å²) >= 11 is 0. The summed E-state index contributed by atoms with van der Waals surface area (Å²) in [7, 11) is 1.59. The lowest BCUT2D eigenvalue weighted by Gasteiger charge is -2.24. The molecule has 2 aromatic rings. The summed E-state index contributed by atoms with van der Waals surface area (Å²) in [4.78, 5) is 12.0. The van der Waals surface area contributed by atoms with E-state index in [9.17, 15) is 14.3 Å². The Morgan fingerprint density at radius 3 is 2.57 bits per heavy atom. The van der Waals surface area contributed by atoms with Crippen LogP contribution in [-0.2, 0) is 6.42 Å². The number of amides is 1. The number of rotatable bonds is 6. The molecule has 23 heavy (non-hydrogen) atoms. The van der Waals surface area contributed by atoms with Crippen LogP contribution in [0.2, 0.25) is 0 Å². The van der Waals surface area contributed by atoms with E-state index >= 15 is 0 Å². The molecule has 0 unspecified atom stereocenters. The third-order valence-electron chi connectivity index (χ3n) is 3.46. The van der Waals surface area contributed by atoms with Crippen LogP contribution in [0.3, 0.4) is 0 Å². The quantitative estimate of drug-likeness (QED) is 0.861. The van der Waals surface area contributed by atoms with Crippen LogP contribution in [0, 0.1) is 5.82 Å². The number of nitrogens with one attached hydrogen (secondary N) is 1. The maximum Gasteiger partial charge on any atom is 0.251 e. The number of carbonyl (C=O) groups excluding carboxylic acids is 1. The number of hydrogen-bond acceptors (Lipinski definition) is 3. The van der Waals surface area contributed by atoms with Gasteiger partial charge in [-0.3, -0.25) is 4.79 Å². The highest BCUT2D eigenvalue weighted by molar-refractivity contribution is 5.94. The SMILES string of the molecule is COc1ccc(C[C@](C)(O)CNC(=O)c2cccc(F)c2)cc1. The van der Waals surface area contributed by atoms with Crippen molar-refractivity contribution in [3.8, 4) is 5.75 Å². The first-order chi connectivity index (χ1) is 10.9. The van der Waals surface area contributed by atoms with Gasteiger partial charge in [0, 0.05) is 18.5 Å². The van der Waals surface area contributed by atoms with Crippen LogP contribution in [0.1, 0.15) is 22.8 Å². The zero-order chi connectivity index (χ0) is 16.9. The van der Waals surface area contributed by atoms with Crippen LogP contribution < -0.4 is 10.1 Å². The lowest BCUT2D eigenvalue weighted by Crippen LogP contribution is -2.42. The predicted octanol–water partition coefficient (Wildman–Crippen LogP) is 2.56. The van der Waals surface area contributed by atoms with E-state index in [1.165, 1.54) is 18.2 Å². The van der Waals surface area contributed by atoms with E-state index in [1.807, 2.05) is 24.3 Å². The number of benzene rings is 2. The predicted molar refractivity (Wildman–Crippen MR) is 86.1 cm³/mol. The summed E-state index contributed by atoms with van der Waals surface area (Å²) in [6.45, 7) is 1.71. The maximum atomic E-state index is 13.1. The number of aliphatic hydroxyl groups is 1. The first kappa shape index (κ1) is 17.0. The molecule has 2 aromatic carbocycles. The Balaban J connectivity index is 1.93. The first-order valence-corrected chi connectivity index (χ1v) is 7.29. The number of carbonyl (C=O) groups is 1. The van der Waals surface area contributed by atoms with Crippen molar-refractivity contribution in [3.63, 3.8) is 0 Å². The smallest absolute Gasteiger partial charge is 0.251 e. The molecule has 0 aliphatic carbocycles. The first-order valence-electron chi connectivity index (χ1n) is 7.29. The van der Waals surface area contributed by atoms with Gasteiger partial charge in [-0.05, 0) is 42.8 Å². The largest absolute Gasteiger partial charge is 0.497 e. The zero-order valence-electron chi connectivity index (χ0n) is 13.2. The van der Waals surface area contributed by atoms with Crippen molar-refractivity contribution in [3.05, 3.63) is 65.5 Å². The molecule has 0 spiro atoms.